The van der Waals surface area contributed by atoms with E-state index in [9.17, 15) is 9.59 Å². The first-order valence-electron chi connectivity index (χ1n) is 9.99. The second-order valence-corrected chi connectivity index (χ2v) is 7.56. The molecule has 3 rings (SSSR count). The Balaban J connectivity index is 1.67. The summed E-state index contributed by atoms with van der Waals surface area (Å²) in [4.78, 5) is 32.5. The molecule has 0 unspecified atom stereocenters. The quantitative estimate of drug-likeness (QED) is 0.830. The number of aryl methyl sites for hydroxylation is 2. The van der Waals surface area contributed by atoms with Crippen LogP contribution in [0.15, 0.2) is 24.3 Å². The third-order valence-corrected chi connectivity index (χ3v) is 5.89. The standard InChI is InChI=1S/C22H29N3O3/c1-4-24(14-22(27)28)17-9-11-25(12-10-17)21(26)13-19-15(2)18-7-5-6-8-20(18)23-16(19)3/h5-8,17H,4,9-14H2,1-3H3,(H,27,28). The molecule has 0 saturated carbocycles. The van der Waals surface area contributed by atoms with Crippen molar-refractivity contribution in [2.75, 3.05) is 26.2 Å². The number of amides is 1. The van der Waals surface area contributed by atoms with Crippen molar-refractivity contribution in [3.63, 3.8) is 0 Å². The molecule has 2 heterocycles. The molecule has 1 aliphatic heterocycles. The second kappa shape index (κ2) is 8.69. The second-order valence-electron chi connectivity index (χ2n) is 7.56. The highest BCUT2D eigenvalue weighted by atomic mass is 16.4. The van der Waals surface area contributed by atoms with E-state index in [0.29, 0.717) is 26.1 Å². The van der Waals surface area contributed by atoms with Crippen LogP contribution in [0.3, 0.4) is 0 Å². The normalized spacial score (nSPS) is 15.4. The van der Waals surface area contributed by atoms with Gasteiger partial charge in [-0.1, -0.05) is 25.1 Å². The number of fused-ring (bicyclic) bond motifs is 1. The van der Waals surface area contributed by atoms with Crippen LogP contribution in [0.1, 0.15) is 36.6 Å². The van der Waals surface area contributed by atoms with Gasteiger partial charge in [0.25, 0.3) is 0 Å². The molecule has 0 bridgehead atoms. The SMILES string of the molecule is CCN(CC(=O)O)C1CCN(C(=O)Cc2c(C)nc3ccccc3c2C)CC1. The fourth-order valence-electron chi connectivity index (χ4n) is 4.25. The maximum absolute atomic E-state index is 12.9. The predicted molar refractivity (Wildman–Crippen MR) is 109 cm³/mol. The van der Waals surface area contributed by atoms with Gasteiger partial charge in [0.05, 0.1) is 18.5 Å². The number of aliphatic carboxylic acids is 1. The molecule has 0 radical (unpaired) electrons. The molecule has 1 N–H and O–H groups in total. The Labute approximate surface area is 166 Å². The van der Waals surface area contributed by atoms with E-state index in [2.05, 4.69) is 18.0 Å². The van der Waals surface area contributed by atoms with Crippen LogP contribution in [0.4, 0.5) is 0 Å². The first kappa shape index (κ1) is 20.3. The Bertz CT molecular complexity index is 873. The lowest BCUT2D eigenvalue weighted by atomic mass is 9.98. The molecule has 1 aromatic carbocycles. The lowest BCUT2D eigenvalue weighted by molar-refractivity contribution is -0.140. The fraction of sp³-hybridized carbons (Fsp3) is 0.500. The first-order valence-corrected chi connectivity index (χ1v) is 9.99. The van der Waals surface area contributed by atoms with Gasteiger partial charge in [-0.2, -0.15) is 0 Å². The summed E-state index contributed by atoms with van der Waals surface area (Å²) < 4.78 is 0. The molecular formula is C22H29N3O3. The number of carbonyl (C=O) groups excluding carboxylic acids is 1. The summed E-state index contributed by atoms with van der Waals surface area (Å²) in [5, 5.41) is 10.2. The number of carboxylic acid groups (broad SMARTS) is 1. The van der Waals surface area contributed by atoms with Gasteiger partial charge >= 0.3 is 5.97 Å². The van der Waals surface area contributed by atoms with Gasteiger partial charge in [0.2, 0.25) is 5.91 Å². The van der Waals surface area contributed by atoms with E-state index >= 15 is 0 Å². The van der Waals surface area contributed by atoms with E-state index in [1.807, 2.05) is 41.8 Å². The van der Waals surface area contributed by atoms with Gasteiger partial charge in [0, 0.05) is 30.2 Å². The zero-order valence-electron chi connectivity index (χ0n) is 16.9. The Morgan fingerprint density at radius 2 is 1.89 bits per heavy atom. The molecule has 6 nitrogen and oxygen atoms in total. The zero-order chi connectivity index (χ0) is 20.3. The highest BCUT2D eigenvalue weighted by Crippen LogP contribution is 2.24. The molecule has 28 heavy (non-hydrogen) atoms. The summed E-state index contributed by atoms with van der Waals surface area (Å²) in [5.41, 5.74) is 4.03. The molecule has 0 spiro atoms. The van der Waals surface area contributed by atoms with Crippen molar-refractivity contribution < 1.29 is 14.7 Å². The summed E-state index contributed by atoms with van der Waals surface area (Å²) in [5.74, 6) is -0.668. The number of likely N-dealkylation sites (N-methyl/N-ethyl adjacent to an activating group) is 1. The minimum Gasteiger partial charge on any atom is -0.480 e. The van der Waals surface area contributed by atoms with Crippen molar-refractivity contribution in [3.8, 4) is 0 Å². The van der Waals surface area contributed by atoms with E-state index in [4.69, 9.17) is 5.11 Å². The van der Waals surface area contributed by atoms with Gasteiger partial charge in [-0.15, -0.1) is 0 Å². The molecule has 2 aromatic rings. The maximum atomic E-state index is 12.9. The number of pyridine rings is 1. The van der Waals surface area contributed by atoms with Gasteiger partial charge < -0.3 is 10.0 Å². The predicted octanol–water partition coefficient (Wildman–Crippen LogP) is 2.79. The van der Waals surface area contributed by atoms with E-state index in [0.717, 1.165) is 40.6 Å². The van der Waals surface area contributed by atoms with Crippen LogP contribution in [0.5, 0.6) is 0 Å². The maximum Gasteiger partial charge on any atom is 0.317 e. The first-order chi connectivity index (χ1) is 13.4. The van der Waals surface area contributed by atoms with Crippen LogP contribution in [0.25, 0.3) is 10.9 Å². The summed E-state index contributed by atoms with van der Waals surface area (Å²) >= 11 is 0. The Hall–Kier alpha value is -2.47. The number of carbonyl (C=O) groups is 2. The van der Waals surface area contributed by atoms with Crippen molar-refractivity contribution in [3.05, 3.63) is 41.1 Å². The third-order valence-electron chi connectivity index (χ3n) is 5.89. The van der Waals surface area contributed by atoms with Crippen LogP contribution < -0.4 is 0 Å². The van der Waals surface area contributed by atoms with Gasteiger partial charge in [-0.25, -0.2) is 0 Å². The van der Waals surface area contributed by atoms with E-state index in [1.54, 1.807) is 0 Å². The number of hydrogen-bond acceptors (Lipinski definition) is 4. The van der Waals surface area contributed by atoms with Crippen LogP contribution >= 0.6 is 0 Å². The lowest BCUT2D eigenvalue weighted by Crippen LogP contribution is -2.48. The van der Waals surface area contributed by atoms with Crippen molar-refractivity contribution >= 4 is 22.8 Å². The number of aromatic nitrogens is 1. The minimum absolute atomic E-state index is 0.0657. The van der Waals surface area contributed by atoms with Gasteiger partial charge in [-0.05, 0) is 50.4 Å². The van der Waals surface area contributed by atoms with Gasteiger partial charge in [0.15, 0.2) is 0 Å². The fourth-order valence-corrected chi connectivity index (χ4v) is 4.25. The van der Waals surface area contributed by atoms with Crippen molar-refractivity contribution in [2.24, 2.45) is 0 Å². The molecular weight excluding hydrogens is 354 g/mol. The number of likely N-dealkylation sites (tertiary alicyclic amines) is 1. The number of para-hydroxylation sites is 1. The molecule has 1 fully saturated rings. The molecule has 1 aromatic heterocycles. The molecule has 1 amide bonds. The topological polar surface area (TPSA) is 73.7 Å². The van der Waals surface area contributed by atoms with Crippen molar-refractivity contribution in [1.29, 1.82) is 0 Å². The number of piperidine rings is 1. The Morgan fingerprint density at radius 1 is 1.21 bits per heavy atom. The molecule has 6 heteroatoms. The van der Waals surface area contributed by atoms with Crippen LogP contribution in [0.2, 0.25) is 0 Å². The summed E-state index contributed by atoms with van der Waals surface area (Å²) in [7, 11) is 0. The third kappa shape index (κ3) is 4.33. The molecule has 1 saturated heterocycles. The number of carboxylic acids is 1. The summed E-state index contributed by atoms with van der Waals surface area (Å²) in [6.07, 6.45) is 2.01. The minimum atomic E-state index is -0.796. The van der Waals surface area contributed by atoms with E-state index < -0.39 is 5.97 Å². The monoisotopic (exact) mass is 383 g/mol. The van der Waals surface area contributed by atoms with Crippen molar-refractivity contribution in [2.45, 2.75) is 46.1 Å². The van der Waals surface area contributed by atoms with Crippen LogP contribution in [-0.4, -0.2) is 64.0 Å². The van der Waals surface area contributed by atoms with Crippen LogP contribution in [-0.2, 0) is 16.0 Å². The van der Waals surface area contributed by atoms with Crippen molar-refractivity contribution in [1.82, 2.24) is 14.8 Å². The van der Waals surface area contributed by atoms with E-state index in [1.165, 1.54) is 0 Å². The highest BCUT2D eigenvalue weighted by Gasteiger charge is 2.27. The van der Waals surface area contributed by atoms with Crippen LogP contribution in [0, 0.1) is 13.8 Å². The smallest absolute Gasteiger partial charge is 0.317 e. The van der Waals surface area contributed by atoms with E-state index in [-0.39, 0.29) is 18.5 Å². The summed E-state index contributed by atoms with van der Waals surface area (Å²) in [6, 6.07) is 8.27. The largest absolute Gasteiger partial charge is 0.480 e. The molecule has 150 valence electrons. The van der Waals surface area contributed by atoms with Gasteiger partial charge in [-0.3, -0.25) is 19.5 Å². The van der Waals surface area contributed by atoms with Gasteiger partial charge in [0.1, 0.15) is 0 Å². The molecule has 0 aliphatic carbocycles. The number of nitrogens with zero attached hydrogens (tertiary/aromatic N) is 3. The Morgan fingerprint density at radius 3 is 2.54 bits per heavy atom. The highest BCUT2D eigenvalue weighted by molar-refractivity contribution is 5.86. The molecule has 1 aliphatic rings. The Kier molecular flexibility index (Phi) is 6.29. The summed E-state index contributed by atoms with van der Waals surface area (Å²) in [6.45, 7) is 8.16. The average Bonchev–Trinajstić information content (AvgIpc) is 2.69. The zero-order valence-corrected chi connectivity index (χ0v) is 16.9. The number of rotatable bonds is 6. The average molecular weight is 383 g/mol. The number of benzene rings is 1. The lowest BCUT2D eigenvalue weighted by Gasteiger charge is -2.37. The number of hydrogen-bond donors (Lipinski definition) is 1. The molecule has 0 atom stereocenters.